The molecule has 7 nitrogen and oxygen atoms in total. The molecular weight excluding hydrogens is 282 g/mol. The zero-order chi connectivity index (χ0) is 15.2. The molecule has 0 aromatic carbocycles. The molecule has 0 saturated carbocycles. The van der Waals surface area contributed by atoms with Crippen LogP contribution in [0.3, 0.4) is 0 Å². The molecule has 0 aliphatic heterocycles. The molecule has 1 atom stereocenters. The first-order chi connectivity index (χ1) is 9.34. The first-order valence-corrected chi connectivity index (χ1v) is 6.94. The Morgan fingerprint density at radius 2 is 2.25 bits per heavy atom. The lowest BCUT2D eigenvalue weighted by atomic mass is 10.0. The van der Waals surface area contributed by atoms with Gasteiger partial charge in [-0.2, -0.15) is 0 Å². The summed E-state index contributed by atoms with van der Waals surface area (Å²) >= 11 is 1.17. The molecule has 1 aromatic heterocycles. The Balaban J connectivity index is 2.50. The standard InChI is InChI=1S/C12H19N3O4S/c1-8(16)14-11-15-9(6-20-11)10(17)13-7-12(2,18)4-5-19-3/h6,18H,4-5,7H2,1-3H3,(H,13,17)(H,14,15,16). The van der Waals surface area contributed by atoms with Crippen molar-refractivity contribution in [2.45, 2.75) is 25.9 Å². The van der Waals surface area contributed by atoms with Gasteiger partial charge in [0.05, 0.1) is 5.60 Å². The fourth-order valence-electron chi connectivity index (χ4n) is 1.36. The highest BCUT2D eigenvalue weighted by Gasteiger charge is 2.22. The molecule has 2 amide bonds. The maximum atomic E-state index is 11.8. The Hall–Kier alpha value is -1.51. The first kappa shape index (κ1) is 16.5. The summed E-state index contributed by atoms with van der Waals surface area (Å²) in [6, 6.07) is 0. The molecular formula is C12H19N3O4S. The van der Waals surface area contributed by atoms with E-state index in [1.54, 1.807) is 19.4 Å². The Kier molecular flexibility index (Phi) is 6.05. The number of aromatic nitrogens is 1. The number of rotatable bonds is 7. The third-order valence-corrected chi connectivity index (χ3v) is 3.25. The van der Waals surface area contributed by atoms with Gasteiger partial charge < -0.3 is 20.5 Å². The van der Waals surface area contributed by atoms with Crippen LogP contribution in [0.5, 0.6) is 0 Å². The summed E-state index contributed by atoms with van der Waals surface area (Å²) in [6.45, 7) is 3.50. The smallest absolute Gasteiger partial charge is 0.270 e. The van der Waals surface area contributed by atoms with Gasteiger partial charge in [-0.15, -0.1) is 11.3 Å². The van der Waals surface area contributed by atoms with Crippen LogP contribution in [-0.4, -0.2) is 47.8 Å². The predicted molar refractivity (Wildman–Crippen MR) is 75.9 cm³/mol. The largest absolute Gasteiger partial charge is 0.388 e. The number of hydrogen-bond acceptors (Lipinski definition) is 6. The Labute approximate surface area is 121 Å². The van der Waals surface area contributed by atoms with Crippen LogP contribution in [-0.2, 0) is 9.53 Å². The van der Waals surface area contributed by atoms with E-state index in [2.05, 4.69) is 15.6 Å². The maximum absolute atomic E-state index is 11.8. The van der Waals surface area contributed by atoms with E-state index in [0.717, 1.165) is 0 Å². The molecule has 1 rings (SSSR count). The zero-order valence-corrected chi connectivity index (χ0v) is 12.5. The number of nitrogens with zero attached hydrogens (tertiary/aromatic N) is 1. The second-order valence-corrected chi connectivity index (χ2v) is 5.50. The minimum Gasteiger partial charge on any atom is -0.388 e. The number of methoxy groups -OCH3 is 1. The van der Waals surface area contributed by atoms with Crippen LogP contribution in [0.4, 0.5) is 5.13 Å². The van der Waals surface area contributed by atoms with Gasteiger partial charge in [0.25, 0.3) is 5.91 Å². The summed E-state index contributed by atoms with van der Waals surface area (Å²) in [5.74, 6) is -0.635. The van der Waals surface area contributed by atoms with Crippen LogP contribution in [0.25, 0.3) is 0 Å². The van der Waals surface area contributed by atoms with E-state index < -0.39 is 11.5 Å². The van der Waals surface area contributed by atoms with Gasteiger partial charge in [0.1, 0.15) is 5.69 Å². The average molecular weight is 301 g/mol. The van der Waals surface area contributed by atoms with Crippen LogP contribution < -0.4 is 10.6 Å². The number of thiazole rings is 1. The van der Waals surface area contributed by atoms with E-state index in [9.17, 15) is 14.7 Å². The lowest BCUT2D eigenvalue weighted by Gasteiger charge is -2.22. The monoisotopic (exact) mass is 301 g/mol. The Bertz CT molecular complexity index is 473. The SMILES string of the molecule is COCCC(C)(O)CNC(=O)c1csc(NC(C)=O)n1. The number of carbonyl (C=O) groups excluding carboxylic acids is 2. The van der Waals surface area contributed by atoms with Crippen molar-refractivity contribution in [3.8, 4) is 0 Å². The summed E-state index contributed by atoms with van der Waals surface area (Å²) in [4.78, 5) is 26.7. The van der Waals surface area contributed by atoms with E-state index in [1.807, 2.05) is 0 Å². The van der Waals surface area contributed by atoms with Gasteiger partial charge in [-0.1, -0.05) is 0 Å². The van der Waals surface area contributed by atoms with Crippen molar-refractivity contribution in [1.82, 2.24) is 10.3 Å². The van der Waals surface area contributed by atoms with Crippen molar-refractivity contribution in [1.29, 1.82) is 0 Å². The van der Waals surface area contributed by atoms with Gasteiger partial charge in [-0.3, -0.25) is 9.59 Å². The Morgan fingerprint density at radius 3 is 2.85 bits per heavy atom. The molecule has 112 valence electrons. The quantitative estimate of drug-likeness (QED) is 0.685. The number of carbonyl (C=O) groups is 2. The summed E-state index contributed by atoms with van der Waals surface area (Å²) in [6.07, 6.45) is 0.415. The van der Waals surface area contributed by atoms with Crippen molar-refractivity contribution in [2.75, 3.05) is 25.6 Å². The molecule has 1 heterocycles. The molecule has 0 aliphatic carbocycles. The topological polar surface area (TPSA) is 101 Å². The second-order valence-electron chi connectivity index (χ2n) is 4.64. The lowest BCUT2D eigenvalue weighted by Crippen LogP contribution is -2.41. The van der Waals surface area contributed by atoms with Crippen LogP contribution in [0, 0.1) is 0 Å². The van der Waals surface area contributed by atoms with Crippen molar-refractivity contribution in [3.05, 3.63) is 11.1 Å². The molecule has 0 radical (unpaired) electrons. The van der Waals surface area contributed by atoms with Crippen molar-refractivity contribution >= 4 is 28.3 Å². The molecule has 1 unspecified atom stereocenters. The third-order valence-electron chi connectivity index (χ3n) is 2.49. The fraction of sp³-hybridized carbons (Fsp3) is 0.583. The minimum atomic E-state index is -1.04. The van der Waals surface area contributed by atoms with Crippen LogP contribution in [0.1, 0.15) is 30.8 Å². The first-order valence-electron chi connectivity index (χ1n) is 6.07. The van der Waals surface area contributed by atoms with E-state index in [1.165, 1.54) is 18.3 Å². The molecule has 1 aromatic rings. The number of amides is 2. The molecule has 0 saturated heterocycles. The van der Waals surface area contributed by atoms with E-state index in [0.29, 0.717) is 18.2 Å². The number of hydrogen-bond donors (Lipinski definition) is 3. The highest BCUT2D eigenvalue weighted by Crippen LogP contribution is 2.15. The molecule has 0 fully saturated rings. The summed E-state index contributed by atoms with van der Waals surface area (Å²) in [5, 5.41) is 17.0. The highest BCUT2D eigenvalue weighted by molar-refractivity contribution is 7.14. The lowest BCUT2D eigenvalue weighted by molar-refractivity contribution is -0.114. The summed E-state index contributed by atoms with van der Waals surface area (Å²) < 4.78 is 4.89. The normalized spacial score (nSPS) is 13.6. The van der Waals surface area contributed by atoms with Gasteiger partial charge in [0.15, 0.2) is 5.13 Å². The van der Waals surface area contributed by atoms with Gasteiger partial charge in [-0.25, -0.2) is 4.98 Å². The van der Waals surface area contributed by atoms with Crippen molar-refractivity contribution in [2.24, 2.45) is 0 Å². The average Bonchev–Trinajstić information content (AvgIpc) is 2.81. The van der Waals surface area contributed by atoms with Crippen LogP contribution >= 0.6 is 11.3 Å². The number of ether oxygens (including phenoxy) is 1. The van der Waals surface area contributed by atoms with Crippen molar-refractivity contribution in [3.63, 3.8) is 0 Å². The molecule has 20 heavy (non-hydrogen) atoms. The fourth-order valence-corrected chi connectivity index (χ4v) is 2.09. The zero-order valence-electron chi connectivity index (χ0n) is 11.7. The van der Waals surface area contributed by atoms with Gasteiger partial charge >= 0.3 is 0 Å². The van der Waals surface area contributed by atoms with Gasteiger partial charge in [-0.05, 0) is 6.92 Å². The van der Waals surface area contributed by atoms with Gasteiger partial charge in [0.2, 0.25) is 5.91 Å². The number of anilines is 1. The van der Waals surface area contributed by atoms with E-state index in [-0.39, 0.29) is 18.1 Å². The molecule has 3 N–H and O–H groups in total. The molecule has 0 spiro atoms. The summed E-state index contributed by atoms with van der Waals surface area (Å²) in [7, 11) is 1.55. The number of nitrogens with one attached hydrogen (secondary N) is 2. The Morgan fingerprint density at radius 1 is 1.55 bits per heavy atom. The maximum Gasteiger partial charge on any atom is 0.270 e. The number of aliphatic hydroxyl groups is 1. The minimum absolute atomic E-state index is 0.0994. The van der Waals surface area contributed by atoms with Crippen LogP contribution in [0.15, 0.2) is 5.38 Å². The third kappa shape index (κ3) is 5.64. The second kappa shape index (κ2) is 7.32. The predicted octanol–water partition coefficient (Wildman–Crippen LogP) is 0.619. The van der Waals surface area contributed by atoms with Crippen molar-refractivity contribution < 1.29 is 19.4 Å². The van der Waals surface area contributed by atoms with E-state index >= 15 is 0 Å². The van der Waals surface area contributed by atoms with Crippen LogP contribution in [0.2, 0.25) is 0 Å². The molecule has 0 bridgehead atoms. The highest BCUT2D eigenvalue weighted by atomic mass is 32.1. The summed E-state index contributed by atoms with van der Waals surface area (Å²) in [5.41, 5.74) is -0.830. The molecule has 8 heteroatoms. The van der Waals surface area contributed by atoms with Gasteiger partial charge in [0, 0.05) is 39.0 Å². The molecule has 0 aliphatic rings. The van der Waals surface area contributed by atoms with E-state index in [4.69, 9.17) is 4.74 Å².